The van der Waals surface area contributed by atoms with Crippen LogP contribution in [-0.2, 0) is 20.2 Å². The fourth-order valence-electron chi connectivity index (χ4n) is 4.48. The molecule has 0 bridgehead atoms. The summed E-state index contributed by atoms with van der Waals surface area (Å²) >= 11 is 0. The number of benzene rings is 2. The van der Waals surface area contributed by atoms with Crippen molar-refractivity contribution in [2.45, 2.75) is 42.4 Å². The number of nitrogens with zero attached hydrogens (tertiary/aromatic N) is 1. The van der Waals surface area contributed by atoms with E-state index in [-0.39, 0.29) is 9.79 Å². The Labute approximate surface area is 213 Å². The van der Waals surface area contributed by atoms with Gasteiger partial charge in [-0.05, 0) is 93.4 Å². The molecule has 2 atom stereocenters. The zero-order valence-electron chi connectivity index (χ0n) is 20.3. The second kappa shape index (κ2) is 12.1. The number of hydrogen-bond donors (Lipinski definition) is 3. The van der Waals surface area contributed by atoms with Crippen LogP contribution in [0.2, 0.25) is 0 Å². The van der Waals surface area contributed by atoms with E-state index in [9.17, 15) is 16.8 Å². The van der Waals surface area contributed by atoms with Gasteiger partial charge in [-0.1, -0.05) is 41.5 Å². The molecule has 0 spiro atoms. The van der Waals surface area contributed by atoms with Crippen molar-refractivity contribution in [3.8, 4) is 0 Å². The molecule has 1 saturated heterocycles. The van der Waals surface area contributed by atoms with Gasteiger partial charge in [-0.2, -0.15) is 16.8 Å². The van der Waals surface area contributed by atoms with Crippen LogP contribution in [0.15, 0.2) is 82.8 Å². The van der Waals surface area contributed by atoms with Gasteiger partial charge in [-0.25, -0.2) is 0 Å². The van der Waals surface area contributed by atoms with Crippen LogP contribution < -0.4 is 5.32 Å². The van der Waals surface area contributed by atoms with E-state index in [0.717, 1.165) is 28.9 Å². The van der Waals surface area contributed by atoms with E-state index in [4.69, 9.17) is 9.11 Å². The van der Waals surface area contributed by atoms with E-state index in [2.05, 4.69) is 22.4 Å². The Morgan fingerprint density at radius 2 is 1.19 bits per heavy atom. The summed E-state index contributed by atoms with van der Waals surface area (Å²) in [5.74, 6) is 2.64. The van der Waals surface area contributed by atoms with Crippen LogP contribution in [0.5, 0.6) is 0 Å². The van der Waals surface area contributed by atoms with Gasteiger partial charge < -0.3 is 5.32 Å². The lowest BCUT2D eigenvalue weighted by atomic mass is 9.98. The van der Waals surface area contributed by atoms with E-state index in [1.54, 1.807) is 24.3 Å². The first-order valence-electron chi connectivity index (χ1n) is 11.6. The lowest BCUT2D eigenvalue weighted by Gasteiger charge is -2.10. The Balaban J connectivity index is 0.000000153. The molecule has 0 amide bonds. The van der Waals surface area contributed by atoms with Crippen molar-refractivity contribution < 1.29 is 25.9 Å². The van der Waals surface area contributed by atoms with E-state index >= 15 is 0 Å². The highest BCUT2D eigenvalue weighted by Crippen LogP contribution is 2.43. The third kappa shape index (κ3) is 8.21. The largest absolute Gasteiger partial charge is 0.316 e. The van der Waals surface area contributed by atoms with Crippen LogP contribution in [0.1, 0.15) is 35.4 Å². The zero-order valence-corrected chi connectivity index (χ0v) is 21.9. The van der Waals surface area contributed by atoms with Crippen molar-refractivity contribution in [1.82, 2.24) is 10.3 Å². The molecule has 2 unspecified atom stereocenters. The fourth-order valence-corrected chi connectivity index (χ4v) is 5.44. The second-order valence-electron chi connectivity index (χ2n) is 9.21. The molecule has 2 heterocycles. The minimum atomic E-state index is -4.02. The van der Waals surface area contributed by atoms with Gasteiger partial charge in [-0.3, -0.25) is 14.1 Å². The van der Waals surface area contributed by atoms with Crippen molar-refractivity contribution >= 4 is 20.2 Å². The summed E-state index contributed by atoms with van der Waals surface area (Å²) in [5, 5.41) is 3.48. The van der Waals surface area contributed by atoms with E-state index in [1.165, 1.54) is 55.8 Å². The summed E-state index contributed by atoms with van der Waals surface area (Å²) in [6.45, 7) is 6.16. The molecule has 194 valence electrons. The predicted octanol–water partition coefficient (Wildman–Crippen LogP) is 4.28. The van der Waals surface area contributed by atoms with Crippen molar-refractivity contribution in [3.05, 3.63) is 89.7 Å². The molecule has 2 aromatic carbocycles. The van der Waals surface area contributed by atoms with Gasteiger partial charge in [-0.15, -0.1) is 0 Å². The number of nitrogens with one attached hydrogen (secondary N) is 1. The Kier molecular flexibility index (Phi) is 9.37. The van der Waals surface area contributed by atoms with E-state index in [1.807, 2.05) is 26.2 Å². The van der Waals surface area contributed by atoms with E-state index < -0.39 is 20.2 Å². The smallest absolute Gasteiger partial charge is 0.294 e. The minimum Gasteiger partial charge on any atom is -0.316 e. The van der Waals surface area contributed by atoms with Crippen LogP contribution in [-0.4, -0.2) is 44.0 Å². The Morgan fingerprint density at radius 1 is 0.750 bits per heavy atom. The van der Waals surface area contributed by atoms with Crippen LogP contribution in [0, 0.1) is 25.7 Å². The van der Waals surface area contributed by atoms with Crippen molar-refractivity contribution in [1.29, 1.82) is 0 Å². The minimum absolute atomic E-state index is 0.0666. The summed E-state index contributed by atoms with van der Waals surface area (Å²) in [7, 11) is -8.04. The van der Waals surface area contributed by atoms with E-state index in [0.29, 0.717) is 0 Å². The van der Waals surface area contributed by atoms with Gasteiger partial charge in [0.15, 0.2) is 0 Å². The SMILES string of the molecule is Cc1ccc(S(=O)(=O)O)cc1.Cc1ccc(S(=O)(=O)O)cc1.c1cncc(C2CC3CNCC3C2)c1. The van der Waals surface area contributed by atoms with Gasteiger partial charge in [0.25, 0.3) is 20.2 Å². The monoisotopic (exact) mass is 532 g/mol. The first-order valence-corrected chi connectivity index (χ1v) is 14.5. The molecular formula is C26H32N2O6S2. The molecule has 3 N–H and O–H groups in total. The third-order valence-electron chi connectivity index (χ3n) is 6.45. The Hall–Kier alpha value is -2.63. The third-order valence-corrected chi connectivity index (χ3v) is 8.18. The first-order chi connectivity index (χ1) is 16.9. The second-order valence-corrected chi connectivity index (χ2v) is 12.1. The molecule has 2 fully saturated rings. The number of hydrogen-bond acceptors (Lipinski definition) is 6. The summed E-state index contributed by atoms with van der Waals surface area (Å²) < 4.78 is 59.1. The average molecular weight is 533 g/mol. The quantitative estimate of drug-likeness (QED) is 0.426. The maximum atomic E-state index is 10.5. The molecule has 8 nitrogen and oxygen atoms in total. The topological polar surface area (TPSA) is 134 Å². The zero-order chi connectivity index (χ0) is 26.3. The Bertz CT molecular complexity index is 1240. The molecule has 3 aromatic rings. The van der Waals surface area contributed by atoms with Crippen LogP contribution in [0.25, 0.3) is 0 Å². The number of aromatic nitrogens is 1. The van der Waals surface area contributed by atoms with Crippen LogP contribution in [0.4, 0.5) is 0 Å². The number of aryl methyl sites for hydroxylation is 2. The molecule has 5 rings (SSSR count). The number of fused-ring (bicyclic) bond motifs is 1. The molecule has 1 aromatic heterocycles. The maximum Gasteiger partial charge on any atom is 0.294 e. The number of rotatable bonds is 3. The molecule has 36 heavy (non-hydrogen) atoms. The van der Waals surface area contributed by atoms with Gasteiger partial charge in [0, 0.05) is 12.4 Å². The van der Waals surface area contributed by atoms with Gasteiger partial charge in [0.05, 0.1) is 9.79 Å². The predicted molar refractivity (Wildman–Crippen MR) is 138 cm³/mol. The van der Waals surface area contributed by atoms with Gasteiger partial charge >= 0.3 is 0 Å². The highest BCUT2D eigenvalue weighted by Gasteiger charge is 2.37. The molecular weight excluding hydrogens is 500 g/mol. The standard InChI is InChI=1S/C12H16N2.2C7H8O3S/c1-2-9(6-13-3-1)10-4-11-7-14-8-12(11)5-10;2*1-6-2-4-7(5-3-6)11(8,9)10/h1-3,6,10-12,14H,4-5,7-8H2;2*2-5H,1H3,(H,8,9,10). The van der Waals surface area contributed by atoms with Gasteiger partial charge in [0.2, 0.25) is 0 Å². The van der Waals surface area contributed by atoms with Gasteiger partial charge in [0.1, 0.15) is 0 Å². The highest BCUT2D eigenvalue weighted by molar-refractivity contribution is 7.86. The Morgan fingerprint density at radius 3 is 1.56 bits per heavy atom. The van der Waals surface area contributed by atoms with Crippen LogP contribution in [0.3, 0.4) is 0 Å². The number of pyridine rings is 1. The highest BCUT2D eigenvalue weighted by atomic mass is 32.2. The van der Waals surface area contributed by atoms with Crippen molar-refractivity contribution in [2.75, 3.05) is 13.1 Å². The molecule has 10 heteroatoms. The molecule has 2 aliphatic rings. The average Bonchev–Trinajstić information content (AvgIpc) is 3.43. The molecule has 1 aliphatic heterocycles. The first kappa shape index (κ1) is 27.9. The lowest BCUT2D eigenvalue weighted by Crippen LogP contribution is -2.11. The molecule has 0 radical (unpaired) electrons. The lowest BCUT2D eigenvalue weighted by molar-refractivity contribution is 0.481. The summed E-state index contributed by atoms with van der Waals surface area (Å²) in [6.07, 6.45) is 6.63. The molecule has 1 aliphatic carbocycles. The van der Waals surface area contributed by atoms with Crippen molar-refractivity contribution in [3.63, 3.8) is 0 Å². The maximum absolute atomic E-state index is 10.5. The molecule has 1 saturated carbocycles. The van der Waals surface area contributed by atoms with Crippen molar-refractivity contribution in [2.24, 2.45) is 11.8 Å². The fraction of sp³-hybridized carbons (Fsp3) is 0.346. The summed E-state index contributed by atoms with van der Waals surface area (Å²) in [5.41, 5.74) is 3.36. The summed E-state index contributed by atoms with van der Waals surface area (Å²) in [4.78, 5) is 4.07. The normalized spacial score (nSPS) is 20.9. The van der Waals surface area contributed by atoms with Crippen LogP contribution >= 0.6 is 0 Å². The summed E-state index contributed by atoms with van der Waals surface area (Å²) in [6, 6.07) is 16.3.